The Morgan fingerprint density at radius 1 is 0.312 bits per heavy atom. The number of fused-ring (bicyclic) bond motifs is 14. The van der Waals surface area contributed by atoms with Gasteiger partial charge in [0.05, 0.1) is 56.0 Å². The molecule has 96 heavy (non-hydrogen) atoms. The summed E-state index contributed by atoms with van der Waals surface area (Å²) in [4.78, 5) is 43.4. The first-order chi connectivity index (χ1) is 45.7. The summed E-state index contributed by atoms with van der Waals surface area (Å²) in [6, 6.07) is 67.5. The molecule has 13 aromatic rings. The van der Waals surface area contributed by atoms with Crippen LogP contribution in [0.3, 0.4) is 0 Å². The minimum absolute atomic E-state index is 0.0377. The zero-order valence-corrected chi connectivity index (χ0v) is 56.3. The monoisotopic (exact) mass is 1260 g/mol. The number of H-pyrrole nitrogens is 2. The maximum atomic E-state index is 12.3. The molecule has 0 unspecified atom stereocenters. The van der Waals surface area contributed by atoms with Gasteiger partial charge in [-0.05, 0) is 212 Å². The molecule has 8 bridgehead atoms. The largest absolute Gasteiger partial charge is 0.478 e. The van der Waals surface area contributed by atoms with E-state index in [4.69, 9.17) is 9.97 Å². The molecule has 7 heterocycles. The summed E-state index contributed by atoms with van der Waals surface area (Å²) >= 11 is 0. The van der Waals surface area contributed by atoms with E-state index >= 15 is 0 Å². The maximum Gasteiger partial charge on any atom is 0.335 e. The highest BCUT2D eigenvalue weighted by Crippen LogP contribution is 2.44. The Kier molecular flexibility index (Phi) is 14.2. The Balaban J connectivity index is 0.982. The Morgan fingerprint density at radius 2 is 0.542 bits per heavy atom. The van der Waals surface area contributed by atoms with Crippen molar-refractivity contribution in [2.45, 2.75) is 105 Å². The Bertz CT molecular complexity index is 5150. The standard InChI is InChI=1S/C86H76N6O4/c1-83(2,3)55-25-41-73-61(45-55)62-46-56(84(4,5)6)26-42-74(62)91(73)59-29-21-51(22-30-59)79-69-37-35-67(88-69)77(49-13-17-53(18-14-49)81(93)94)65-33-34-66(87-65)78(50-15-19-54(20-16-50)82(95)96)68-36-38-70(89-68)80(72-40-39-71(79)90-72)52-23-31-60(32-24-52)92-75-43-27-57(85(7,8)9)47-63(75)64-48-58(86(10,11)12)28-44-76(64)92/h13-48,88-89H,1-12H3,(H,93,94)(H,95,96). The lowest BCUT2D eigenvalue weighted by Gasteiger charge is -2.19. The average molecular weight is 1260 g/mol. The fourth-order valence-electron chi connectivity index (χ4n) is 14.0. The van der Waals surface area contributed by atoms with Gasteiger partial charge in [0.1, 0.15) is 0 Å². The molecule has 0 saturated heterocycles. The molecule has 0 aliphatic carbocycles. The number of rotatable bonds is 8. The fraction of sp³-hybridized carbons (Fsp3) is 0.186. The summed E-state index contributed by atoms with van der Waals surface area (Å²) in [7, 11) is 0. The van der Waals surface area contributed by atoms with Crippen LogP contribution in [0.2, 0.25) is 0 Å². The van der Waals surface area contributed by atoms with Gasteiger partial charge in [0.2, 0.25) is 0 Å². The molecule has 4 N–H and O–H groups in total. The molecule has 10 heteroatoms. The van der Waals surface area contributed by atoms with Gasteiger partial charge in [-0.25, -0.2) is 19.6 Å². The number of carbonyl (C=O) groups is 2. The number of nitrogens with zero attached hydrogens (tertiary/aromatic N) is 4. The van der Waals surface area contributed by atoms with Gasteiger partial charge < -0.3 is 29.3 Å². The Hall–Kier alpha value is -11.1. The quantitative estimate of drug-likeness (QED) is 0.119. The fourth-order valence-corrected chi connectivity index (χ4v) is 14.0. The first kappa shape index (κ1) is 61.1. The predicted octanol–water partition coefficient (Wildman–Crippen LogP) is 22.1. The number of aromatic amines is 2. The van der Waals surface area contributed by atoms with Gasteiger partial charge >= 0.3 is 11.9 Å². The second-order valence-electron chi connectivity index (χ2n) is 30.0. The second kappa shape index (κ2) is 22.3. The molecule has 0 fully saturated rings. The number of hydrogen-bond donors (Lipinski definition) is 4. The second-order valence-corrected chi connectivity index (χ2v) is 30.0. The van der Waals surface area contributed by atoms with Gasteiger partial charge in [-0.1, -0.05) is 156 Å². The third-order valence-corrected chi connectivity index (χ3v) is 19.4. The van der Waals surface area contributed by atoms with Crippen molar-refractivity contribution in [1.82, 2.24) is 29.1 Å². The maximum absolute atomic E-state index is 12.3. The first-order valence-corrected chi connectivity index (χ1v) is 33.0. The van der Waals surface area contributed by atoms with Gasteiger partial charge in [-0.15, -0.1) is 0 Å². The number of benzene rings is 8. The highest BCUT2D eigenvalue weighted by molar-refractivity contribution is 6.12. The number of carboxylic acid groups (broad SMARTS) is 2. The highest BCUT2D eigenvalue weighted by atomic mass is 16.4. The number of aromatic nitrogens is 6. The molecule has 2 aliphatic rings. The number of nitrogens with one attached hydrogen (secondary N) is 2. The minimum Gasteiger partial charge on any atom is -0.478 e. The third kappa shape index (κ3) is 10.6. The van der Waals surface area contributed by atoms with Crippen molar-refractivity contribution >= 4 is 102 Å². The summed E-state index contributed by atoms with van der Waals surface area (Å²) < 4.78 is 4.77. The van der Waals surface area contributed by atoms with E-state index < -0.39 is 11.9 Å². The Labute approximate surface area is 558 Å². The van der Waals surface area contributed by atoms with Crippen LogP contribution in [0.1, 0.15) is 149 Å². The van der Waals surface area contributed by atoms with Crippen molar-refractivity contribution in [3.63, 3.8) is 0 Å². The van der Waals surface area contributed by atoms with E-state index in [1.807, 2.05) is 36.4 Å². The molecule has 2 aliphatic heterocycles. The van der Waals surface area contributed by atoms with Crippen LogP contribution in [-0.4, -0.2) is 51.2 Å². The van der Waals surface area contributed by atoms with Crippen molar-refractivity contribution in [3.05, 3.63) is 250 Å². The van der Waals surface area contributed by atoms with E-state index in [1.54, 1.807) is 24.3 Å². The number of hydrogen-bond acceptors (Lipinski definition) is 4. The molecule has 10 nitrogen and oxygen atoms in total. The zero-order valence-electron chi connectivity index (χ0n) is 56.3. The van der Waals surface area contributed by atoms with Crippen molar-refractivity contribution < 1.29 is 19.8 Å². The van der Waals surface area contributed by atoms with Crippen LogP contribution in [0.25, 0.3) is 146 Å². The van der Waals surface area contributed by atoms with E-state index in [-0.39, 0.29) is 32.8 Å². The molecule has 0 amide bonds. The zero-order chi connectivity index (χ0) is 67.1. The van der Waals surface area contributed by atoms with Gasteiger partial charge in [0.25, 0.3) is 0 Å². The minimum atomic E-state index is -1.02. The van der Waals surface area contributed by atoms with Crippen LogP contribution in [-0.2, 0) is 21.7 Å². The topological polar surface area (TPSA) is 142 Å². The first-order valence-electron chi connectivity index (χ1n) is 33.0. The summed E-state index contributed by atoms with van der Waals surface area (Å²) in [5.41, 5.74) is 24.6. The van der Waals surface area contributed by atoms with E-state index in [0.717, 1.165) is 111 Å². The molecule has 5 aromatic heterocycles. The summed E-state index contributed by atoms with van der Waals surface area (Å²) in [6.45, 7) is 27.2. The predicted molar refractivity (Wildman–Crippen MR) is 398 cm³/mol. The van der Waals surface area contributed by atoms with Crippen molar-refractivity contribution in [3.8, 4) is 55.9 Å². The van der Waals surface area contributed by atoms with Crippen molar-refractivity contribution in [2.75, 3.05) is 0 Å². The van der Waals surface area contributed by atoms with Gasteiger partial charge in [0, 0.05) is 77.2 Å². The summed E-state index contributed by atoms with van der Waals surface area (Å²) in [5.74, 6) is -2.04. The third-order valence-electron chi connectivity index (χ3n) is 19.4. The lowest BCUT2D eigenvalue weighted by atomic mass is 9.85. The number of carboxylic acids is 2. The van der Waals surface area contributed by atoms with Gasteiger partial charge in [-0.2, -0.15) is 0 Å². The highest BCUT2D eigenvalue weighted by Gasteiger charge is 2.26. The van der Waals surface area contributed by atoms with Crippen LogP contribution in [0.15, 0.2) is 194 Å². The van der Waals surface area contributed by atoms with Gasteiger partial charge in [-0.3, -0.25) is 0 Å². The van der Waals surface area contributed by atoms with E-state index in [9.17, 15) is 19.8 Å². The smallest absolute Gasteiger partial charge is 0.335 e. The lowest BCUT2D eigenvalue weighted by molar-refractivity contribution is 0.0686. The van der Waals surface area contributed by atoms with E-state index in [0.29, 0.717) is 11.4 Å². The average Bonchev–Trinajstić information content (AvgIpc) is 1.59. The summed E-state index contributed by atoms with van der Waals surface area (Å²) in [6.07, 6.45) is 8.20. The molecular formula is C86H76N6O4. The van der Waals surface area contributed by atoms with Crippen LogP contribution >= 0.6 is 0 Å². The SMILES string of the molecule is CC(C)(C)c1ccc2c(c1)c1cc(C(C)(C)C)ccc1n2-c1ccc(-c2c3nc(c(-c4ccc(-n5c6ccc(C(C)(C)C)cc6c6cc(C(C)(C)C)ccc65)cc4)c4ccc([nH]4)c(-c4ccc(C(=O)O)cc4)c4nc(c(-c5ccc(C(=O)O)cc5)c5ccc2[nH]5)C=C4)C=C3)cc1. The molecule has 474 valence electrons. The molecule has 8 aromatic carbocycles. The Morgan fingerprint density at radius 3 is 0.760 bits per heavy atom. The van der Waals surface area contributed by atoms with Crippen molar-refractivity contribution in [1.29, 1.82) is 0 Å². The van der Waals surface area contributed by atoms with Gasteiger partial charge in [0.15, 0.2) is 0 Å². The summed E-state index contributed by atoms with van der Waals surface area (Å²) in [5, 5.41) is 25.0. The van der Waals surface area contributed by atoms with E-state index in [2.05, 4.69) is 260 Å². The van der Waals surface area contributed by atoms with Crippen LogP contribution in [0, 0.1) is 0 Å². The lowest BCUT2D eigenvalue weighted by Crippen LogP contribution is -2.10. The molecule has 0 radical (unpaired) electrons. The van der Waals surface area contributed by atoms with Crippen LogP contribution in [0.4, 0.5) is 0 Å². The van der Waals surface area contributed by atoms with Crippen LogP contribution < -0.4 is 0 Å². The van der Waals surface area contributed by atoms with E-state index in [1.165, 1.54) is 43.8 Å². The molecule has 15 rings (SSSR count). The number of aromatic carboxylic acids is 2. The van der Waals surface area contributed by atoms with Crippen molar-refractivity contribution in [2.24, 2.45) is 0 Å². The normalized spacial score (nSPS) is 12.9. The molecule has 0 saturated carbocycles. The van der Waals surface area contributed by atoms with Crippen LogP contribution in [0.5, 0.6) is 0 Å². The molecular weight excluding hydrogens is 1180 g/mol. The molecule has 0 spiro atoms. The molecule has 0 atom stereocenters.